The van der Waals surface area contributed by atoms with E-state index in [1.54, 1.807) is 24.3 Å². The fourth-order valence-electron chi connectivity index (χ4n) is 2.90. The van der Waals surface area contributed by atoms with Crippen LogP contribution in [0.2, 0.25) is 5.02 Å². The standard InChI is InChI=1S/C20H15ClN6O2/c1-12-5-10-15-16(24-12)3-2-4-17(15)26-20-18(27(28)29)19(22-11-23-20)25-14-8-6-13(21)7-9-14/h2-11H,1H3,(H2,22,23,25,26). The van der Waals surface area contributed by atoms with Gasteiger partial charge in [-0.2, -0.15) is 0 Å². The molecule has 8 nitrogen and oxygen atoms in total. The van der Waals surface area contributed by atoms with Crippen molar-refractivity contribution in [1.29, 1.82) is 0 Å². The lowest BCUT2D eigenvalue weighted by atomic mass is 10.1. The Hall–Kier alpha value is -3.78. The zero-order valence-electron chi connectivity index (χ0n) is 15.3. The van der Waals surface area contributed by atoms with Gasteiger partial charge < -0.3 is 10.6 Å². The van der Waals surface area contributed by atoms with Crippen molar-refractivity contribution in [3.05, 3.63) is 81.8 Å². The molecule has 0 fully saturated rings. The zero-order chi connectivity index (χ0) is 20.4. The minimum Gasteiger partial charge on any atom is -0.334 e. The SMILES string of the molecule is Cc1ccc2c(Nc3ncnc(Nc4ccc(Cl)cc4)c3[N+](=O)[O-])cccc2n1. The Labute approximate surface area is 170 Å². The molecule has 0 radical (unpaired) electrons. The highest BCUT2D eigenvalue weighted by molar-refractivity contribution is 6.30. The van der Waals surface area contributed by atoms with Gasteiger partial charge in [-0.1, -0.05) is 17.7 Å². The minimum atomic E-state index is -0.520. The van der Waals surface area contributed by atoms with E-state index in [2.05, 4.69) is 25.6 Å². The molecule has 0 spiro atoms. The number of nitro groups is 1. The number of aromatic nitrogens is 3. The van der Waals surface area contributed by atoms with Gasteiger partial charge in [0.05, 0.1) is 10.4 Å². The average Bonchev–Trinajstić information content (AvgIpc) is 2.69. The fraction of sp³-hybridized carbons (Fsp3) is 0.0500. The molecular weight excluding hydrogens is 392 g/mol. The van der Waals surface area contributed by atoms with Crippen molar-refractivity contribution >= 4 is 51.2 Å². The Morgan fingerprint density at radius 2 is 1.69 bits per heavy atom. The Bertz CT molecular complexity index is 1210. The number of nitrogens with one attached hydrogen (secondary N) is 2. The van der Waals surface area contributed by atoms with E-state index in [1.807, 2.05) is 37.3 Å². The number of benzene rings is 2. The molecule has 0 aliphatic rings. The molecule has 0 bridgehead atoms. The summed E-state index contributed by atoms with van der Waals surface area (Å²) >= 11 is 5.89. The zero-order valence-corrected chi connectivity index (χ0v) is 16.0. The van der Waals surface area contributed by atoms with Crippen LogP contribution in [0.1, 0.15) is 5.69 Å². The quantitative estimate of drug-likeness (QED) is 0.338. The lowest BCUT2D eigenvalue weighted by molar-refractivity contribution is -0.383. The van der Waals surface area contributed by atoms with Crippen molar-refractivity contribution in [3.8, 4) is 0 Å². The van der Waals surface area contributed by atoms with Gasteiger partial charge in [0.2, 0.25) is 11.6 Å². The summed E-state index contributed by atoms with van der Waals surface area (Å²) in [6.07, 6.45) is 1.26. The normalized spacial score (nSPS) is 10.7. The van der Waals surface area contributed by atoms with E-state index in [1.165, 1.54) is 6.33 Å². The van der Waals surface area contributed by atoms with Gasteiger partial charge in [0.1, 0.15) is 6.33 Å². The molecule has 2 aromatic carbocycles. The predicted molar refractivity (Wildman–Crippen MR) is 113 cm³/mol. The smallest absolute Gasteiger partial charge is 0.334 e. The molecule has 29 heavy (non-hydrogen) atoms. The highest BCUT2D eigenvalue weighted by atomic mass is 35.5. The van der Waals surface area contributed by atoms with Crippen LogP contribution < -0.4 is 10.6 Å². The maximum absolute atomic E-state index is 11.8. The van der Waals surface area contributed by atoms with Crippen LogP contribution in [0.3, 0.4) is 0 Å². The summed E-state index contributed by atoms with van der Waals surface area (Å²) in [6.45, 7) is 1.91. The molecule has 0 aliphatic heterocycles. The summed E-state index contributed by atoms with van der Waals surface area (Å²) in [6, 6.07) is 16.1. The Balaban J connectivity index is 1.75. The van der Waals surface area contributed by atoms with Crippen molar-refractivity contribution in [2.24, 2.45) is 0 Å². The summed E-state index contributed by atoms with van der Waals surface area (Å²) in [5.74, 6) is 0.151. The van der Waals surface area contributed by atoms with Crippen LogP contribution in [0.4, 0.5) is 28.7 Å². The number of halogens is 1. The average molecular weight is 407 g/mol. The van der Waals surface area contributed by atoms with Crippen molar-refractivity contribution in [2.45, 2.75) is 6.92 Å². The van der Waals surface area contributed by atoms with Crippen LogP contribution in [-0.2, 0) is 0 Å². The van der Waals surface area contributed by atoms with E-state index in [0.717, 1.165) is 16.6 Å². The molecule has 2 heterocycles. The number of nitrogens with zero attached hydrogens (tertiary/aromatic N) is 4. The molecule has 4 rings (SSSR count). The third-order valence-corrected chi connectivity index (χ3v) is 4.49. The molecule has 0 unspecified atom stereocenters. The first kappa shape index (κ1) is 18.6. The maximum atomic E-state index is 11.8. The number of hydrogen-bond donors (Lipinski definition) is 2. The van der Waals surface area contributed by atoms with Crippen molar-refractivity contribution in [2.75, 3.05) is 10.6 Å². The highest BCUT2D eigenvalue weighted by Crippen LogP contribution is 2.34. The summed E-state index contributed by atoms with van der Waals surface area (Å²) < 4.78 is 0. The summed E-state index contributed by atoms with van der Waals surface area (Å²) in [7, 11) is 0. The van der Waals surface area contributed by atoms with Gasteiger partial charge in [-0.05, 0) is 55.5 Å². The number of pyridine rings is 1. The topological polar surface area (TPSA) is 106 Å². The first-order valence-electron chi connectivity index (χ1n) is 8.66. The van der Waals surface area contributed by atoms with E-state index in [-0.39, 0.29) is 17.3 Å². The lowest BCUT2D eigenvalue weighted by Crippen LogP contribution is -2.05. The van der Waals surface area contributed by atoms with Crippen LogP contribution >= 0.6 is 11.6 Å². The Kier molecular flexibility index (Phi) is 4.92. The molecule has 2 aromatic heterocycles. The number of fused-ring (bicyclic) bond motifs is 1. The van der Waals surface area contributed by atoms with Gasteiger partial charge in [0, 0.05) is 27.5 Å². The van der Waals surface area contributed by atoms with Gasteiger partial charge in [0.25, 0.3) is 0 Å². The van der Waals surface area contributed by atoms with Crippen LogP contribution in [0.25, 0.3) is 10.9 Å². The van der Waals surface area contributed by atoms with Crippen molar-refractivity contribution in [3.63, 3.8) is 0 Å². The monoisotopic (exact) mass is 406 g/mol. The van der Waals surface area contributed by atoms with Crippen molar-refractivity contribution < 1.29 is 4.92 Å². The Morgan fingerprint density at radius 1 is 0.966 bits per heavy atom. The van der Waals surface area contributed by atoms with Crippen molar-refractivity contribution in [1.82, 2.24) is 15.0 Å². The van der Waals surface area contributed by atoms with Gasteiger partial charge in [-0.15, -0.1) is 0 Å². The largest absolute Gasteiger partial charge is 0.353 e. The van der Waals surface area contributed by atoms with Gasteiger partial charge in [0.15, 0.2) is 0 Å². The molecule has 0 aliphatic carbocycles. The molecule has 0 amide bonds. The molecule has 0 saturated carbocycles. The van der Waals surface area contributed by atoms with Crippen LogP contribution in [0.5, 0.6) is 0 Å². The third kappa shape index (κ3) is 3.92. The second-order valence-electron chi connectivity index (χ2n) is 6.26. The number of rotatable bonds is 5. The first-order chi connectivity index (χ1) is 14.0. The molecule has 0 atom stereocenters. The molecule has 0 saturated heterocycles. The van der Waals surface area contributed by atoms with Gasteiger partial charge in [-0.25, -0.2) is 9.97 Å². The molecule has 144 valence electrons. The predicted octanol–water partition coefficient (Wildman–Crippen LogP) is 5.38. The summed E-state index contributed by atoms with van der Waals surface area (Å²) in [5.41, 5.74) is 2.68. The number of aryl methyl sites for hydroxylation is 1. The first-order valence-corrected chi connectivity index (χ1v) is 9.04. The molecule has 4 aromatic rings. The lowest BCUT2D eigenvalue weighted by Gasteiger charge is -2.12. The van der Waals surface area contributed by atoms with E-state index >= 15 is 0 Å². The van der Waals surface area contributed by atoms with Crippen LogP contribution in [0.15, 0.2) is 60.9 Å². The maximum Gasteiger partial charge on any atom is 0.353 e. The summed E-state index contributed by atoms with van der Waals surface area (Å²) in [4.78, 5) is 23.9. The van der Waals surface area contributed by atoms with Gasteiger partial charge in [-0.3, -0.25) is 15.1 Å². The molecular formula is C20H15ClN6O2. The van der Waals surface area contributed by atoms with Crippen LogP contribution in [-0.4, -0.2) is 19.9 Å². The number of anilines is 4. The third-order valence-electron chi connectivity index (χ3n) is 4.24. The second kappa shape index (κ2) is 7.69. The number of hydrogen-bond acceptors (Lipinski definition) is 7. The summed E-state index contributed by atoms with van der Waals surface area (Å²) in [5, 5.41) is 19.2. The molecule has 9 heteroatoms. The molecule has 2 N–H and O–H groups in total. The second-order valence-corrected chi connectivity index (χ2v) is 6.69. The van der Waals surface area contributed by atoms with Gasteiger partial charge >= 0.3 is 5.69 Å². The van der Waals surface area contributed by atoms with E-state index in [9.17, 15) is 10.1 Å². The highest BCUT2D eigenvalue weighted by Gasteiger charge is 2.23. The van der Waals surface area contributed by atoms with E-state index in [0.29, 0.717) is 16.4 Å². The minimum absolute atomic E-state index is 0.0732. The van der Waals surface area contributed by atoms with E-state index in [4.69, 9.17) is 11.6 Å². The fourth-order valence-corrected chi connectivity index (χ4v) is 3.02. The Morgan fingerprint density at radius 3 is 2.41 bits per heavy atom. The van der Waals surface area contributed by atoms with Crippen LogP contribution in [0, 0.1) is 17.0 Å². The van der Waals surface area contributed by atoms with E-state index < -0.39 is 4.92 Å².